The standard InChI is InChI=1S/C20H23ClN2O/c21-12-13-23-15-16(14-22-23)6-11-20(24)19-9-7-18(8-10-19)17-4-2-1-3-5-17/h6-11,14-15,17H,1-5,12-13H2. The van der Waals surface area contributed by atoms with Gasteiger partial charge in [-0.25, -0.2) is 0 Å². The Balaban J connectivity index is 1.62. The summed E-state index contributed by atoms with van der Waals surface area (Å²) in [4.78, 5) is 12.3. The summed E-state index contributed by atoms with van der Waals surface area (Å²) in [5.41, 5.74) is 3.02. The van der Waals surface area contributed by atoms with Gasteiger partial charge in [-0.05, 0) is 36.5 Å². The van der Waals surface area contributed by atoms with E-state index in [1.54, 1.807) is 23.0 Å². The molecule has 1 heterocycles. The van der Waals surface area contributed by atoms with Crippen LogP contribution >= 0.6 is 11.6 Å². The van der Waals surface area contributed by atoms with Crippen molar-refractivity contribution >= 4 is 23.5 Å². The monoisotopic (exact) mass is 342 g/mol. The first-order chi connectivity index (χ1) is 11.8. The Labute approximate surface area is 148 Å². The maximum Gasteiger partial charge on any atom is 0.185 e. The highest BCUT2D eigenvalue weighted by molar-refractivity contribution is 6.17. The summed E-state index contributed by atoms with van der Waals surface area (Å²) in [5, 5.41) is 4.19. The third kappa shape index (κ3) is 4.35. The molecule has 0 bridgehead atoms. The molecule has 0 amide bonds. The molecule has 0 atom stereocenters. The number of hydrogen-bond donors (Lipinski definition) is 0. The molecule has 126 valence electrons. The molecule has 3 rings (SSSR count). The molecule has 24 heavy (non-hydrogen) atoms. The topological polar surface area (TPSA) is 34.9 Å². The minimum atomic E-state index is 0.0234. The Morgan fingerprint density at radius 2 is 1.96 bits per heavy atom. The Morgan fingerprint density at radius 3 is 2.67 bits per heavy atom. The van der Waals surface area contributed by atoms with Crippen LogP contribution in [0.25, 0.3) is 6.08 Å². The van der Waals surface area contributed by atoms with Crippen molar-refractivity contribution in [1.29, 1.82) is 0 Å². The molecule has 1 saturated carbocycles. The van der Waals surface area contributed by atoms with Crippen LogP contribution in [0.3, 0.4) is 0 Å². The lowest BCUT2D eigenvalue weighted by atomic mass is 9.84. The summed E-state index contributed by atoms with van der Waals surface area (Å²) in [7, 11) is 0. The van der Waals surface area contributed by atoms with Gasteiger partial charge in [0, 0.05) is 23.2 Å². The number of nitrogens with zero attached hydrogens (tertiary/aromatic N) is 2. The molecule has 1 aromatic heterocycles. The maximum atomic E-state index is 12.3. The normalized spacial score (nSPS) is 15.9. The zero-order valence-electron chi connectivity index (χ0n) is 13.8. The summed E-state index contributed by atoms with van der Waals surface area (Å²) in [6.07, 6.45) is 13.6. The largest absolute Gasteiger partial charge is 0.289 e. The first-order valence-electron chi connectivity index (χ1n) is 8.67. The molecule has 4 heteroatoms. The highest BCUT2D eigenvalue weighted by Gasteiger charge is 2.15. The second kappa shape index (κ2) is 8.29. The summed E-state index contributed by atoms with van der Waals surface area (Å²) < 4.78 is 1.77. The van der Waals surface area contributed by atoms with Crippen molar-refractivity contribution in [3.05, 3.63) is 59.4 Å². The summed E-state index contributed by atoms with van der Waals surface area (Å²) >= 11 is 5.69. The number of carbonyl (C=O) groups excluding carboxylic acids is 1. The molecule has 0 radical (unpaired) electrons. The molecule has 0 aliphatic heterocycles. The number of aromatic nitrogens is 2. The number of allylic oxidation sites excluding steroid dienone is 1. The lowest BCUT2D eigenvalue weighted by Gasteiger charge is -2.21. The van der Waals surface area contributed by atoms with E-state index in [4.69, 9.17) is 11.6 Å². The van der Waals surface area contributed by atoms with Gasteiger partial charge in [0.2, 0.25) is 0 Å². The van der Waals surface area contributed by atoms with Crippen molar-refractivity contribution in [3.63, 3.8) is 0 Å². The van der Waals surface area contributed by atoms with Crippen LogP contribution in [-0.4, -0.2) is 21.4 Å². The second-order valence-electron chi connectivity index (χ2n) is 6.38. The van der Waals surface area contributed by atoms with Crippen molar-refractivity contribution in [3.8, 4) is 0 Å². The first kappa shape index (κ1) is 17.0. The molecule has 0 saturated heterocycles. The van der Waals surface area contributed by atoms with E-state index in [1.165, 1.54) is 37.7 Å². The van der Waals surface area contributed by atoms with Gasteiger partial charge < -0.3 is 0 Å². The van der Waals surface area contributed by atoms with Crippen molar-refractivity contribution in [2.45, 2.75) is 44.6 Å². The van der Waals surface area contributed by atoms with Crippen molar-refractivity contribution in [1.82, 2.24) is 9.78 Å². The van der Waals surface area contributed by atoms with E-state index >= 15 is 0 Å². The minimum absolute atomic E-state index is 0.0234. The van der Waals surface area contributed by atoms with Gasteiger partial charge in [0.15, 0.2) is 5.78 Å². The van der Waals surface area contributed by atoms with E-state index in [2.05, 4.69) is 17.2 Å². The molecule has 1 aliphatic carbocycles. The van der Waals surface area contributed by atoms with Crippen molar-refractivity contribution in [2.75, 3.05) is 5.88 Å². The van der Waals surface area contributed by atoms with Crippen molar-refractivity contribution < 1.29 is 4.79 Å². The smallest absolute Gasteiger partial charge is 0.185 e. The third-order valence-electron chi connectivity index (χ3n) is 4.67. The lowest BCUT2D eigenvalue weighted by molar-refractivity contribution is 0.104. The number of benzene rings is 1. The van der Waals surface area contributed by atoms with Crippen LogP contribution in [-0.2, 0) is 6.54 Å². The number of hydrogen-bond acceptors (Lipinski definition) is 2. The third-order valence-corrected chi connectivity index (χ3v) is 4.83. The molecule has 2 aromatic rings. The van der Waals surface area contributed by atoms with Gasteiger partial charge in [-0.15, -0.1) is 11.6 Å². The molecular weight excluding hydrogens is 320 g/mol. The summed E-state index contributed by atoms with van der Waals surface area (Å²) in [6.45, 7) is 0.673. The number of carbonyl (C=O) groups is 1. The highest BCUT2D eigenvalue weighted by atomic mass is 35.5. The number of ketones is 1. The molecule has 0 unspecified atom stereocenters. The molecule has 1 aliphatic rings. The zero-order valence-corrected chi connectivity index (χ0v) is 14.6. The van der Waals surface area contributed by atoms with Gasteiger partial charge in [0.25, 0.3) is 0 Å². The van der Waals surface area contributed by atoms with Crippen LogP contribution in [0.4, 0.5) is 0 Å². The Kier molecular flexibility index (Phi) is 5.86. The van der Waals surface area contributed by atoms with Crippen LogP contribution in [0, 0.1) is 0 Å². The number of halogens is 1. The Hall–Kier alpha value is -1.87. The molecule has 0 spiro atoms. The number of alkyl halides is 1. The van der Waals surface area contributed by atoms with E-state index in [9.17, 15) is 4.79 Å². The molecule has 1 aromatic carbocycles. The second-order valence-corrected chi connectivity index (χ2v) is 6.76. The first-order valence-corrected chi connectivity index (χ1v) is 9.20. The number of aryl methyl sites for hydroxylation is 1. The minimum Gasteiger partial charge on any atom is -0.289 e. The Bertz CT molecular complexity index is 697. The van der Waals surface area contributed by atoms with Gasteiger partial charge in [-0.3, -0.25) is 9.48 Å². The fraction of sp³-hybridized carbons (Fsp3) is 0.400. The van der Waals surface area contributed by atoms with E-state index < -0.39 is 0 Å². The van der Waals surface area contributed by atoms with Crippen molar-refractivity contribution in [2.24, 2.45) is 0 Å². The van der Waals surface area contributed by atoms with E-state index in [-0.39, 0.29) is 5.78 Å². The zero-order chi connectivity index (χ0) is 16.8. The van der Waals surface area contributed by atoms with Gasteiger partial charge in [0.1, 0.15) is 0 Å². The van der Waals surface area contributed by atoms with Gasteiger partial charge in [0.05, 0.1) is 12.7 Å². The fourth-order valence-electron chi connectivity index (χ4n) is 3.30. The average molecular weight is 343 g/mol. The van der Waals surface area contributed by atoms with Crippen LogP contribution in [0.15, 0.2) is 42.7 Å². The van der Waals surface area contributed by atoms with E-state index in [1.807, 2.05) is 18.3 Å². The Morgan fingerprint density at radius 1 is 1.21 bits per heavy atom. The predicted molar refractivity (Wildman–Crippen MR) is 98.6 cm³/mol. The summed E-state index contributed by atoms with van der Waals surface area (Å²) in [6, 6.07) is 8.15. The average Bonchev–Trinajstić information content (AvgIpc) is 3.08. The quantitative estimate of drug-likeness (QED) is 0.417. The van der Waals surface area contributed by atoms with E-state index in [0.717, 1.165) is 11.1 Å². The van der Waals surface area contributed by atoms with Crippen LogP contribution in [0.1, 0.15) is 59.5 Å². The van der Waals surface area contributed by atoms with Gasteiger partial charge in [-0.2, -0.15) is 5.10 Å². The molecule has 1 fully saturated rings. The predicted octanol–water partition coefficient (Wildman–Crippen LogP) is 5.07. The molecule has 0 N–H and O–H groups in total. The summed E-state index contributed by atoms with van der Waals surface area (Å²) in [5.74, 6) is 1.22. The molecule has 3 nitrogen and oxygen atoms in total. The van der Waals surface area contributed by atoms with Gasteiger partial charge in [-0.1, -0.05) is 43.5 Å². The number of rotatable bonds is 6. The SMILES string of the molecule is O=C(C=Cc1cnn(CCCl)c1)c1ccc(C2CCCCC2)cc1. The highest BCUT2D eigenvalue weighted by Crippen LogP contribution is 2.32. The van der Waals surface area contributed by atoms with Crippen LogP contribution in [0.2, 0.25) is 0 Å². The molecular formula is C20H23ClN2O. The maximum absolute atomic E-state index is 12.3. The van der Waals surface area contributed by atoms with Crippen LogP contribution < -0.4 is 0 Å². The fourth-order valence-corrected chi connectivity index (χ4v) is 3.47. The van der Waals surface area contributed by atoms with Gasteiger partial charge >= 0.3 is 0 Å². The van der Waals surface area contributed by atoms with E-state index in [0.29, 0.717) is 18.3 Å². The lowest BCUT2D eigenvalue weighted by Crippen LogP contribution is -2.04. The van der Waals surface area contributed by atoms with Crippen LogP contribution in [0.5, 0.6) is 0 Å².